The summed E-state index contributed by atoms with van der Waals surface area (Å²) in [6, 6.07) is 0. The lowest BCUT2D eigenvalue weighted by atomic mass is 9.82. The molecule has 0 bridgehead atoms. The highest BCUT2D eigenvalue weighted by Gasteiger charge is 2.17. The van der Waals surface area contributed by atoms with Gasteiger partial charge in [-0.05, 0) is 34.8 Å². The maximum atomic E-state index is 5.40. The van der Waals surface area contributed by atoms with Gasteiger partial charge in [0.2, 0.25) is 0 Å². The van der Waals surface area contributed by atoms with Gasteiger partial charge in [-0.25, -0.2) is 0 Å². The molecule has 0 rings (SSSR count). The molecule has 0 spiro atoms. The molecule has 17 heavy (non-hydrogen) atoms. The lowest BCUT2D eigenvalue weighted by Crippen LogP contribution is -2.15. The Bertz CT molecular complexity index is 232. The summed E-state index contributed by atoms with van der Waals surface area (Å²) in [6.07, 6.45) is 7.82. The lowest BCUT2D eigenvalue weighted by molar-refractivity contribution is 0.296. The maximum Gasteiger partial charge on any atom is 0.0864 e. The number of hydrogen-bond acceptors (Lipinski definition) is 1. The molecule has 0 aliphatic rings. The summed E-state index contributed by atoms with van der Waals surface area (Å²) in [7, 11) is 0. The standard InChI is InChI=1S/C16H30O/c1-13(15(3,4)5)9-11-17-12-10-14(2)16(6,7)8/h9-14H,1-8H3. The Hall–Kier alpha value is -0.720. The van der Waals surface area contributed by atoms with Crippen molar-refractivity contribution in [1.82, 2.24) is 0 Å². The van der Waals surface area contributed by atoms with Gasteiger partial charge in [-0.1, -0.05) is 55.4 Å². The summed E-state index contributed by atoms with van der Waals surface area (Å²) in [5.74, 6) is 1.02. The molecule has 1 heteroatoms. The van der Waals surface area contributed by atoms with E-state index in [1.54, 1.807) is 12.5 Å². The third-order valence-corrected chi connectivity index (χ3v) is 3.62. The molecular formula is C16H30O. The molecule has 0 aliphatic carbocycles. The smallest absolute Gasteiger partial charge is 0.0864 e. The van der Waals surface area contributed by atoms with Crippen LogP contribution in [-0.2, 0) is 4.74 Å². The predicted octanol–water partition coefficient (Wildman–Crippen LogP) is 5.39. The van der Waals surface area contributed by atoms with Crippen LogP contribution in [-0.4, -0.2) is 0 Å². The van der Waals surface area contributed by atoms with Gasteiger partial charge in [0.15, 0.2) is 0 Å². The van der Waals surface area contributed by atoms with Crippen LogP contribution in [0.2, 0.25) is 0 Å². The van der Waals surface area contributed by atoms with Crippen LogP contribution in [0, 0.1) is 22.7 Å². The van der Waals surface area contributed by atoms with E-state index in [4.69, 9.17) is 4.74 Å². The van der Waals surface area contributed by atoms with Gasteiger partial charge in [0, 0.05) is 0 Å². The summed E-state index contributed by atoms with van der Waals surface area (Å²) in [5, 5.41) is 0. The molecule has 0 aliphatic heterocycles. The highest BCUT2D eigenvalue weighted by molar-refractivity contribution is 4.91. The normalized spacial score (nSPS) is 17.6. The molecule has 0 aromatic carbocycles. The van der Waals surface area contributed by atoms with Crippen molar-refractivity contribution in [2.45, 2.75) is 55.4 Å². The van der Waals surface area contributed by atoms with Crippen molar-refractivity contribution in [2.75, 3.05) is 0 Å². The Morgan fingerprint density at radius 1 is 0.706 bits per heavy atom. The van der Waals surface area contributed by atoms with Gasteiger partial charge in [0.25, 0.3) is 0 Å². The summed E-state index contributed by atoms with van der Waals surface area (Å²) < 4.78 is 5.40. The minimum Gasteiger partial charge on any atom is -0.473 e. The van der Waals surface area contributed by atoms with Gasteiger partial charge in [-0.2, -0.15) is 0 Å². The fourth-order valence-electron chi connectivity index (χ4n) is 0.949. The first-order valence-electron chi connectivity index (χ1n) is 6.54. The zero-order chi connectivity index (χ0) is 13.7. The van der Waals surface area contributed by atoms with Crippen LogP contribution in [0.3, 0.4) is 0 Å². The maximum absolute atomic E-state index is 5.40. The minimum atomic E-state index is 0.294. The molecule has 2 atom stereocenters. The molecule has 1 nitrogen and oxygen atoms in total. The average molecular weight is 238 g/mol. The van der Waals surface area contributed by atoms with Crippen LogP contribution in [0.1, 0.15) is 55.4 Å². The summed E-state index contributed by atoms with van der Waals surface area (Å²) in [6.45, 7) is 17.8. The number of rotatable bonds is 4. The molecule has 0 N–H and O–H groups in total. The van der Waals surface area contributed by atoms with Crippen molar-refractivity contribution in [3.8, 4) is 0 Å². The first-order chi connectivity index (χ1) is 7.55. The first kappa shape index (κ1) is 16.3. The molecule has 0 heterocycles. The van der Waals surface area contributed by atoms with Crippen molar-refractivity contribution in [3.63, 3.8) is 0 Å². The molecule has 0 fully saturated rings. The van der Waals surface area contributed by atoms with E-state index < -0.39 is 0 Å². The Morgan fingerprint density at radius 3 is 1.24 bits per heavy atom. The summed E-state index contributed by atoms with van der Waals surface area (Å²) in [4.78, 5) is 0. The Labute approximate surface area is 108 Å². The van der Waals surface area contributed by atoms with E-state index in [2.05, 4.69) is 67.5 Å². The second kappa shape index (κ2) is 6.28. The second-order valence-corrected chi connectivity index (χ2v) is 7.10. The number of ether oxygens (including phenoxy) is 1. The van der Waals surface area contributed by atoms with Crippen LogP contribution >= 0.6 is 0 Å². The van der Waals surface area contributed by atoms with E-state index in [1.165, 1.54) is 0 Å². The Kier molecular flexibility index (Phi) is 6.01. The molecule has 0 aromatic rings. The number of allylic oxidation sites excluding steroid dienone is 2. The Morgan fingerprint density at radius 2 is 1.00 bits per heavy atom. The summed E-state index contributed by atoms with van der Waals surface area (Å²) >= 11 is 0. The van der Waals surface area contributed by atoms with Gasteiger partial charge in [0.05, 0.1) is 12.5 Å². The average Bonchev–Trinajstić information content (AvgIpc) is 2.13. The van der Waals surface area contributed by atoms with E-state index in [0.29, 0.717) is 22.7 Å². The van der Waals surface area contributed by atoms with Crippen LogP contribution < -0.4 is 0 Å². The second-order valence-electron chi connectivity index (χ2n) is 7.10. The third kappa shape index (κ3) is 7.25. The van der Waals surface area contributed by atoms with Crippen molar-refractivity contribution in [3.05, 3.63) is 24.7 Å². The van der Waals surface area contributed by atoms with E-state index in [9.17, 15) is 0 Å². The lowest BCUT2D eigenvalue weighted by Gasteiger charge is -2.24. The molecule has 0 amide bonds. The fraction of sp³-hybridized carbons (Fsp3) is 0.750. The van der Waals surface area contributed by atoms with Gasteiger partial charge in [-0.3, -0.25) is 0 Å². The van der Waals surface area contributed by atoms with E-state index >= 15 is 0 Å². The van der Waals surface area contributed by atoms with Gasteiger partial charge >= 0.3 is 0 Å². The fourth-order valence-corrected chi connectivity index (χ4v) is 0.949. The van der Waals surface area contributed by atoms with Crippen LogP contribution in [0.4, 0.5) is 0 Å². The van der Waals surface area contributed by atoms with Gasteiger partial charge in [-0.15, -0.1) is 0 Å². The van der Waals surface area contributed by atoms with Crippen LogP contribution in [0.15, 0.2) is 24.7 Å². The van der Waals surface area contributed by atoms with Crippen molar-refractivity contribution in [2.24, 2.45) is 22.7 Å². The molecule has 100 valence electrons. The topological polar surface area (TPSA) is 9.23 Å². The monoisotopic (exact) mass is 238 g/mol. The van der Waals surface area contributed by atoms with Crippen LogP contribution in [0.5, 0.6) is 0 Å². The zero-order valence-electron chi connectivity index (χ0n) is 12.9. The molecule has 0 aromatic heterocycles. The van der Waals surface area contributed by atoms with Gasteiger partial charge in [0.1, 0.15) is 0 Å². The molecular weight excluding hydrogens is 208 g/mol. The molecule has 0 radical (unpaired) electrons. The highest BCUT2D eigenvalue weighted by atomic mass is 16.5. The van der Waals surface area contributed by atoms with Crippen LogP contribution in [0.25, 0.3) is 0 Å². The van der Waals surface area contributed by atoms with Gasteiger partial charge < -0.3 is 4.74 Å². The van der Waals surface area contributed by atoms with Crippen molar-refractivity contribution < 1.29 is 4.74 Å². The minimum absolute atomic E-state index is 0.294. The van der Waals surface area contributed by atoms with Crippen molar-refractivity contribution in [1.29, 1.82) is 0 Å². The number of hydrogen-bond donors (Lipinski definition) is 0. The SMILES string of the molecule is CC(C=COC=CC(C)C(C)(C)C)C(C)(C)C. The largest absolute Gasteiger partial charge is 0.473 e. The van der Waals surface area contributed by atoms with Crippen molar-refractivity contribution >= 4 is 0 Å². The van der Waals surface area contributed by atoms with E-state index in [-0.39, 0.29) is 0 Å². The predicted molar refractivity (Wildman–Crippen MR) is 76.6 cm³/mol. The van der Waals surface area contributed by atoms with E-state index in [1.807, 2.05) is 0 Å². The highest BCUT2D eigenvalue weighted by Crippen LogP contribution is 2.27. The first-order valence-corrected chi connectivity index (χ1v) is 6.54. The quantitative estimate of drug-likeness (QED) is 0.596. The molecule has 0 saturated heterocycles. The summed E-state index contributed by atoms with van der Waals surface area (Å²) in [5.41, 5.74) is 0.588. The zero-order valence-corrected chi connectivity index (χ0v) is 12.9. The third-order valence-electron chi connectivity index (χ3n) is 3.62. The molecule has 2 unspecified atom stereocenters. The Balaban J connectivity index is 4.08. The molecule has 0 saturated carbocycles. The van der Waals surface area contributed by atoms with E-state index in [0.717, 1.165) is 0 Å².